The first kappa shape index (κ1) is 18.9. The van der Waals surface area contributed by atoms with Crippen LogP contribution in [0.5, 0.6) is 17.2 Å². The highest BCUT2D eigenvalue weighted by Crippen LogP contribution is 2.31. The summed E-state index contributed by atoms with van der Waals surface area (Å²) in [7, 11) is 1.35. The van der Waals surface area contributed by atoms with Crippen LogP contribution >= 0.6 is 0 Å². The number of aryl methyl sites for hydroxylation is 1. The van der Waals surface area contributed by atoms with E-state index in [1.807, 2.05) is 0 Å². The summed E-state index contributed by atoms with van der Waals surface area (Å²) in [5.74, 6) is -0.416. The van der Waals surface area contributed by atoms with Gasteiger partial charge in [0.05, 0.1) is 18.1 Å². The fraction of sp³-hybridized carbons (Fsp3) is 0.158. The molecule has 0 atom stereocenters. The zero-order valence-electron chi connectivity index (χ0n) is 15.0. The highest BCUT2D eigenvalue weighted by Gasteiger charge is 2.16. The quantitative estimate of drug-likeness (QED) is 0.209. The van der Waals surface area contributed by atoms with Crippen LogP contribution in [0.2, 0.25) is 0 Å². The minimum absolute atomic E-state index is 0.0922. The van der Waals surface area contributed by atoms with Crippen LogP contribution < -0.4 is 19.8 Å². The second kappa shape index (κ2) is 7.78. The zero-order chi connectivity index (χ0) is 20.3. The molecule has 144 valence electrons. The van der Waals surface area contributed by atoms with Crippen LogP contribution in [0, 0.1) is 17.0 Å². The number of hydrogen-bond acceptors (Lipinski definition) is 8. The number of ether oxygens (including phenoxy) is 3. The molecule has 0 amide bonds. The van der Waals surface area contributed by atoms with E-state index in [4.69, 9.17) is 18.6 Å². The number of fused-ring (bicyclic) bond motifs is 1. The Morgan fingerprint density at radius 1 is 1.14 bits per heavy atom. The second-order valence-electron chi connectivity index (χ2n) is 5.76. The van der Waals surface area contributed by atoms with E-state index in [-0.39, 0.29) is 17.2 Å². The van der Waals surface area contributed by atoms with E-state index >= 15 is 0 Å². The van der Waals surface area contributed by atoms with Crippen molar-refractivity contribution in [3.05, 3.63) is 68.6 Å². The van der Waals surface area contributed by atoms with Gasteiger partial charge in [0, 0.05) is 23.6 Å². The Morgan fingerprint density at radius 2 is 1.93 bits per heavy atom. The highest BCUT2D eigenvalue weighted by atomic mass is 16.6. The Labute approximate surface area is 158 Å². The van der Waals surface area contributed by atoms with E-state index in [0.29, 0.717) is 11.3 Å². The van der Waals surface area contributed by atoms with Crippen LogP contribution in [-0.4, -0.2) is 24.6 Å². The normalized spacial score (nSPS) is 10.5. The molecule has 1 heterocycles. The van der Waals surface area contributed by atoms with Crippen LogP contribution in [0.1, 0.15) is 5.56 Å². The molecular formula is C19H15NO8. The van der Waals surface area contributed by atoms with Crippen LogP contribution in [0.15, 0.2) is 51.7 Å². The van der Waals surface area contributed by atoms with Crippen LogP contribution in [0.4, 0.5) is 5.69 Å². The third-order valence-electron chi connectivity index (χ3n) is 3.86. The monoisotopic (exact) mass is 385 g/mol. The number of methoxy groups -OCH3 is 1. The molecule has 28 heavy (non-hydrogen) atoms. The van der Waals surface area contributed by atoms with Gasteiger partial charge < -0.3 is 18.6 Å². The number of rotatable bonds is 6. The standard InChI is InChI=1S/C19H15NO8/c1-11-7-18(21)27-16-9-13(4-5-14(11)16)26-10-19(22)28-17-8-12(20(23)24)3-6-15(17)25-2/h3-9H,10H2,1-2H3. The van der Waals surface area contributed by atoms with Crippen LogP contribution in [0.25, 0.3) is 11.0 Å². The molecule has 2 aromatic carbocycles. The van der Waals surface area contributed by atoms with Gasteiger partial charge in [0.15, 0.2) is 18.1 Å². The van der Waals surface area contributed by atoms with E-state index in [0.717, 1.165) is 17.0 Å². The maximum atomic E-state index is 12.1. The van der Waals surface area contributed by atoms with Crippen molar-refractivity contribution in [3.63, 3.8) is 0 Å². The number of carbonyl (C=O) groups excluding carboxylic acids is 1. The Bertz CT molecular complexity index is 1120. The average Bonchev–Trinajstić information content (AvgIpc) is 2.65. The molecule has 0 N–H and O–H groups in total. The zero-order valence-corrected chi connectivity index (χ0v) is 15.0. The Kier molecular flexibility index (Phi) is 5.25. The molecule has 9 nitrogen and oxygen atoms in total. The summed E-state index contributed by atoms with van der Waals surface area (Å²) in [6, 6.07) is 9.85. The molecule has 0 spiro atoms. The van der Waals surface area contributed by atoms with Crippen molar-refractivity contribution in [2.45, 2.75) is 6.92 Å². The van der Waals surface area contributed by atoms with Crippen molar-refractivity contribution in [1.29, 1.82) is 0 Å². The van der Waals surface area contributed by atoms with Gasteiger partial charge in [0.2, 0.25) is 0 Å². The highest BCUT2D eigenvalue weighted by molar-refractivity contribution is 5.81. The van der Waals surface area contributed by atoms with Crippen molar-refractivity contribution in [1.82, 2.24) is 0 Å². The first-order chi connectivity index (χ1) is 13.4. The molecule has 3 rings (SSSR count). The molecule has 0 unspecified atom stereocenters. The Hall–Kier alpha value is -3.88. The third-order valence-corrected chi connectivity index (χ3v) is 3.86. The number of nitrogens with zero attached hydrogens (tertiary/aromatic N) is 1. The van der Waals surface area contributed by atoms with Crippen molar-refractivity contribution >= 4 is 22.6 Å². The number of nitro groups is 1. The van der Waals surface area contributed by atoms with Gasteiger partial charge in [-0.25, -0.2) is 9.59 Å². The largest absolute Gasteiger partial charge is 0.493 e. The van der Waals surface area contributed by atoms with Gasteiger partial charge in [0.25, 0.3) is 5.69 Å². The number of nitro benzene ring substituents is 1. The average molecular weight is 385 g/mol. The van der Waals surface area contributed by atoms with Gasteiger partial charge in [-0.1, -0.05) is 0 Å². The first-order valence-corrected chi connectivity index (χ1v) is 8.08. The summed E-state index contributed by atoms with van der Waals surface area (Å²) in [6.07, 6.45) is 0. The Balaban J connectivity index is 1.72. The fourth-order valence-electron chi connectivity index (χ4n) is 2.55. The van der Waals surface area contributed by atoms with E-state index in [9.17, 15) is 19.7 Å². The molecule has 0 fully saturated rings. The number of benzene rings is 2. The molecular weight excluding hydrogens is 370 g/mol. The van der Waals surface area contributed by atoms with Crippen LogP contribution in [-0.2, 0) is 4.79 Å². The second-order valence-corrected chi connectivity index (χ2v) is 5.76. The minimum Gasteiger partial charge on any atom is -0.493 e. The molecule has 0 aliphatic carbocycles. The van der Waals surface area contributed by atoms with E-state index < -0.39 is 23.1 Å². The summed E-state index contributed by atoms with van der Waals surface area (Å²) < 4.78 is 20.6. The molecule has 0 bridgehead atoms. The maximum absolute atomic E-state index is 12.1. The molecule has 0 aliphatic rings. The lowest BCUT2D eigenvalue weighted by Gasteiger charge is -2.10. The van der Waals surface area contributed by atoms with Gasteiger partial charge in [-0.2, -0.15) is 0 Å². The van der Waals surface area contributed by atoms with E-state index in [2.05, 4.69) is 0 Å². The summed E-state index contributed by atoms with van der Waals surface area (Å²) in [4.78, 5) is 33.8. The summed E-state index contributed by atoms with van der Waals surface area (Å²) in [5, 5.41) is 11.6. The minimum atomic E-state index is -0.787. The van der Waals surface area contributed by atoms with Crippen molar-refractivity contribution in [2.75, 3.05) is 13.7 Å². The molecule has 0 saturated heterocycles. The lowest BCUT2D eigenvalue weighted by Crippen LogP contribution is -2.18. The van der Waals surface area contributed by atoms with Crippen molar-refractivity contribution < 1.29 is 28.3 Å². The lowest BCUT2D eigenvalue weighted by atomic mass is 10.1. The Morgan fingerprint density at radius 3 is 2.64 bits per heavy atom. The smallest absolute Gasteiger partial charge is 0.349 e. The van der Waals surface area contributed by atoms with Gasteiger partial charge in [-0.05, 0) is 30.7 Å². The van der Waals surface area contributed by atoms with Gasteiger partial charge >= 0.3 is 11.6 Å². The maximum Gasteiger partial charge on any atom is 0.349 e. The molecule has 0 aliphatic heterocycles. The van der Waals surface area contributed by atoms with Gasteiger partial charge in [-0.3, -0.25) is 10.1 Å². The van der Waals surface area contributed by atoms with Gasteiger partial charge in [-0.15, -0.1) is 0 Å². The van der Waals surface area contributed by atoms with Gasteiger partial charge in [0.1, 0.15) is 11.3 Å². The molecule has 1 aromatic heterocycles. The summed E-state index contributed by atoms with van der Waals surface area (Å²) in [5.41, 5.74) is 0.356. The fourth-order valence-corrected chi connectivity index (χ4v) is 2.55. The van der Waals surface area contributed by atoms with Crippen molar-refractivity contribution in [2.24, 2.45) is 0 Å². The van der Waals surface area contributed by atoms with Crippen molar-refractivity contribution in [3.8, 4) is 17.2 Å². The molecule has 3 aromatic rings. The van der Waals surface area contributed by atoms with E-state index in [1.165, 1.54) is 31.4 Å². The number of hydrogen-bond donors (Lipinski definition) is 0. The summed E-state index contributed by atoms with van der Waals surface area (Å²) in [6.45, 7) is 1.32. The number of esters is 1. The molecule has 9 heteroatoms. The third kappa shape index (κ3) is 4.09. The van der Waals surface area contributed by atoms with Crippen LogP contribution in [0.3, 0.4) is 0 Å². The SMILES string of the molecule is COc1ccc([N+](=O)[O-])cc1OC(=O)COc1ccc2c(C)cc(=O)oc2c1. The predicted octanol–water partition coefficient (Wildman–Crippen LogP) is 3.00. The molecule has 0 radical (unpaired) electrons. The number of non-ortho nitro benzene ring substituents is 1. The summed E-state index contributed by atoms with van der Waals surface area (Å²) >= 11 is 0. The predicted molar refractivity (Wildman–Crippen MR) is 98.0 cm³/mol. The number of carbonyl (C=O) groups is 1. The van der Waals surface area contributed by atoms with E-state index in [1.54, 1.807) is 19.1 Å². The molecule has 0 saturated carbocycles. The topological polar surface area (TPSA) is 118 Å². The first-order valence-electron chi connectivity index (χ1n) is 8.08. The lowest BCUT2D eigenvalue weighted by molar-refractivity contribution is -0.384.